The summed E-state index contributed by atoms with van der Waals surface area (Å²) in [4.78, 5) is 10.2. The Morgan fingerprint density at radius 2 is 2.28 bits per heavy atom. The van der Waals surface area contributed by atoms with Crippen LogP contribution in [0.2, 0.25) is 0 Å². The molecule has 0 radical (unpaired) electrons. The van der Waals surface area contributed by atoms with E-state index in [1.165, 1.54) is 0 Å². The highest BCUT2D eigenvalue weighted by Gasteiger charge is 2.10. The van der Waals surface area contributed by atoms with Crippen molar-refractivity contribution in [2.24, 2.45) is 0 Å². The van der Waals surface area contributed by atoms with Crippen LogP contribution in [0.15, 0.2) is 11.4 Å². The summed E-state index contributed by atoms with van der Waals surface area (Å²) in [6.07, 6.45) is 1.96. The van der Waals surface area contributed by atoms with Crippen LogP contribution in [0.1, 0.15) is 26.1 Å². The van der Waals surface area contributed by atoms with Crippen LogP contribution in [0.3, 0.4) is 0 Å². The molecule has 2 aromatic heterocycles. The van der Waals surface area contributed by atoms with E-state index >= 15 is 0 Å². The maximum absolute atomic E-state index is 5.27. The van der Waals surface area contributed by atoms with Gasteiger partial charge in [-0.2, -0.15) is 0 Å². The molecular weight excluding hydrogens is 246 g/mol. The fourth-order valence-electron chi connectivity index (χ4n) is 1.71. The van der Waals surface area contributed by atoms with Crippen LogP contribution in [0.5, 0.6) is 0 Å². The number of hydrogen-bond acceptors (Lipinski definition) is 5. The van der Waals surface area contributed by atoms with Gasteiger partial charge in [-0.05, 0) is 24.8 Å². The Kier molecular flexibility index (Phi) is 4.49. The molecule has 0 aliphatic heterocycles. The summed E-state index contributed by atoms with van der Waals surface area (Å²) >= 11 is 1.65. The Bertz CT molecular complexity index is 512. The Labute approximate surface area is 111 Å². The van der Waals surface area contributed by atoms with E-state index in [-0.39, 0.29) is 6.10 Å². The average molecular weight is 265 g/mol. The first-order valence-electron chi connectivity index (χ1n) is 6.25. The smallest absolute Gasteiger partial charge is 0.138 e. The largest absolute Gasteiger partial charge is 0.381 e. The molecule has 18 heavy (non-hydrogen) atoms. The molecule has 0 aliphatic rings. The molecule has 0 fully saturated rings. The fourth-order valence-corrected chi connectivity index (χ4v) is 2.49. The molecule has 2 heterocycles. The van der Waals surface area contributed by atoms with Gasteiger partial charge in [0, 0.05) is 20.1 Å². The SMILES string of the molecule is CCCNc1nc(CC(C)OC)nc2sccc12. The van der Waals surface area contributed by atoms with Crippen LogP contribution in [0.25, 0.3) is 10.2 Å². The second-order valence-corrected chi connectivity index (χ2v) is 5.20. The van der Waals surface area contributed by atoms with Crippen molar-refractivity contribution in [2.45, 2.75) is 32.8 Å². The van der Waals surface area contributed by atoms with E-state index in [9.17, 15) is 0 Å². The van der Waals surface area contributed by atoms with Gasteiger partial charge in [-0.25, -0.2) is 9.97 Å². The molecule has 0 aromatic carbocycles. The van der Waals surface area contributed by atoms with Crippen molar-refractivity contribution in [3.63, 3.8) is 0 Å². The van der Waals surface area contributed by atoms with Crippen LogP contribution in [0, 0.1) is 0 Å². The zero-order valence-corrected chi connectivity index (χ0v) is 11.9. The predicted molar refractivity (Wildman–Crippen MR) is 76.4 cm³/mol. The topological polar surface area (TPSA) is 47.0 Å². The van der Waals surface area contributed by atoms with E-state index in [0.29, 0.717) is 0 Å². The molecule has 2 rings (SSSR count). The Morgan fingerprint density at radius 3 is 3.00 bits per heavy atom. The van der Waals surface area contributed by atoms with E-state index in [1.807, 2.05) is 6.92 Å². The number of ether oxygens (including phenoxy) is 1. The lowest BCUT2D eigenvalue weighted by Gasteiger charge is -2.11. The number of anilines is 1. The Balaban J connectivity index is 2.31. The van der Waals surface area contributed by atoms with Gasteiger partial charge in [0.15, 0.2) is 0 Å². The van der Waals surface area contributed by atoms with E-state index in [4.69, 9.17) is 4.74 Å². The van der Waals surface area contributed by atoms with Crippen LogP contribution in [0.4, 0.5) is 5.82 Å². The highest BCUT2D eigenvalue weighted by Crippen LogP contribution is 2.25. The minimum Gasteiger partial charge on any atom is -0.381 e. The summed E-state index contributed by atoms with van der Waals surface area (Å²) in [7, 11) is 1.71. The number of fused-ring (bicyclic) bond motifs is 1. The number of nitrogens with one attached hydrogen (secondary N) is 1. The number of aromatic nitrogens is 2. The first-order chi connectivity index (χ1) is 8.74. The summed E-state index contributed by atoms with van der Waals surface area (Å²) in [5.41, 5.74) is 0. The van der Waals surface area contributed by atoms with E-state index in [0.717, 1.165) is 41.2 Å². The molecule has 0 spiro atoms. The van der Waals surface area contributed by atoms with E-state index in [2.05, 4.69) is 33.7 Å². The summed E-state index contributed by atoms with van der Waals surface area (Å²) in [5.74, 6) is 1.79. The van der Waals surface area contributed by atoms with Crippen molar-refractivity contribution >= 4 is 27.4 Å². The zero-order chi connectivity index (χ0) is 13.0. The first-order valence-corrected chi connectivity index (χ1v) is 7.13. The fraction of sp³-hybridized carbons (Fsp3) is 0.538. The molecule has 1 atom stereocenters. The van der Waals surface area contributed by atoms with Crippen LogP contribution < -0.4 is 5.32 Å². The van der Waals surface area contributed by atoms with Crippen LogP contribution in [-0.2, 0) is 11.2 Å². The van der Waals surface area contributed by atoms with Gasteiger partial charge in [0.1, 0.15) is 16.5 Å². The minimum absolute atomic E-state index is 0.140. The van der Waals surface area contributed by atoms with Crippen LogP contribution in [-0.4, -0.2) is 29.7 Å². The molecule has 0 saturated heterocycles. The van der Waals surface area contributed by atoms with Gasteiger partial charge in [-0.15, -0.1) is 11.3 Å². The van der Waals surface area contributed by atoms with Crippen molar-refractivity contribution in [3.05, 3.63) is 17.3 Å². The van der Waals surface area contributed by atoms with Crippen molar-refractivity contribution < 1.29 is 4.74 Å². The molecule has 5 heteroatoms. The summed E-state index contributed by atoms with van der Waals surface area (Å²) < 4.78 is 5.27. The third-order valence-corrected chi connectivity index (χ3v) is 3.59. The normalized spacial score (nSPS) is 12.8. The molecule has 98 valence electrons. The maximum Gasteiger partial charge on any atom is 0.138 e. The van der Waals surface area contributed by atoms with Crippen molar-refractivity contribution in [1.29, 1.82) is 0 Å². The second-order valence-electron chi connectivity index (χ2n) is 4.31. The standard InChI is InChI=1S/C13H19N3OS/c1-4-6-14-12-10-5-7-18-13(10)16-11(15-12)8-9(2)17-3/h5,7,9H,4,6,8H2,1-3H3,(H,14,15,16). The molecule has 1 N–H and O–H groups in total. The lowest BCUT2D eigenvalue weighted by molar-refractivity contribution is 0.117. The van der Waals surface area contributed by atoms with Gasteiger partial charge >= 0.3 is 0 Å². The number of thiophene rings is 1. The quantitative estimate of drug-likeness (QED) is 0.872. The second kappa shape index (κ2) is 6.11. The lowest BCUT2D eigenvalue weighted by atomic mass is 10.2. The van der Waals surface area contributed by atoms with Gasteiger partial charge in [-0.3, -0.25) is 0 Å². The van der Waals surface area contributed by atoms with Gasteiger partial charge in [0.25, 0.3) is 0 Å². The predicted octanol–water partition coefficient (Wildman–Crippen LogP) is 3.09. The molecule has 0 aliphatic carbocycles. The molecular formula is C13H19N3OS. The van der Waals surface area contributed by atoms with Crippen molar-refractivity contribution in [2.75, 3.05) is 19.0 Å². The molecule has 2 aromatic rings. The molecule has 4 nitrogen and oxygen atoms in total. The lowest BCUT2D eigenvalue weighted by Crippen LogP contribution is -2.13. The third-order valence-electron chi connectivity index (χ3n) is 2.79. The summed E-state index contributed by atoms with van der Waals surface area (Å²) in [6, 6.07) is 2.07. The van der Waals surface area contributed by atoms with Crippen LogP contribution >= 0.6 is 11.3 Å². The first kappa shape index (κ1) is 13.2. The van der Waals surface area contributed by atoms with Crippen molar-refractivity contribution in [1.82, 2.24) is 9.97 Å². The van der Waals surface area contributed by atoms with Crippen molar-refractivity contribution in [3.8, 4) is 0 Å². The summed E-state index contributed by atoms with van der Waals surface area (Å²) in [6.45, 7) is 5.11. The maximum atomic E-state index is 5.27. The van der Waals surface area contributed by atoms with Gasteiger partial charge in [-0.1, -0.05) is 6.92 Å². The Hall–Kier alpha value is -1.20. The number of rotatable bonds is 6. The number of nitrogens with zero attached hydrogens (tertiary/aromatic N) is 2. The number of methoxy groups -OCH3 is 1. The van der Waals surface area contributed by atoms with Gasteiger partial charge < -0.3 is 10.1 Å². The monoisotopic (exact) mass is 265 g/mol. The van der Waals surface area contributed by atoms with E-state index < -0.39 is 0 Å². The molecule has 0 amide bonds. The molecule has 0 saturated carbocycles. The Morgan fingerprint density at radius 1 is 1.44 bits per heavy atom. The minimum atomic E-state index is 0.140. The average Bonchev–Trinajstić information content (AvgIpc) is 2.84. The highest BCUT2D eigenvalue weighted by molar-refractivity contribution is 7.16. The zero-order valence-electron chi connectivity index (χ0n) is 11.1. The highest BCUT2D eigenvalue weighted by atomic mass is 32.1. The number of hydrogen-bond donors (Lipinski definition) is 1. The molecule has 0 bridgehead atoms. The van der Waals surface area contributed by atoms with Gasteiger partial charge in [0.2, 0.25) is 0 Å². The van der Waals surface area contributed by atoms with E-state index in [1.54, 1.807) is 18.4 Å². The molecule has 1 unspecified atom stereocenters. The van der Waals surface area contributed by atoms with Gasteiger partial charge in [0.05, 0.1) is 11.5 Å². The summed E-state index contributed by atoms with van der Waals surface area (Å²) in [5, 5.41) is 6.54. The third kappa shape index (κ3) is 2.97.